The number of Topliss-reactive ketones (excluding diaryl/α,β-unsaturated/α-hetero) is 1. The van der Waals surface area contributed by atoms with Crippen molar-refractivity contribution >= 4 is 23.7 Å². The zero-order valence-electron chi connectivity index (χ0n) is 26.3. The number of carbonyl (C=O) groups excluding carboxylic acids is 3. The number of imidazole rings is 1. The second kappa shape index (κ2) is 9.00. The molecule has 6 heteroatoms. The van der Waals surface area contributed by atoms with E-state index in [1.165, 1.54) is 12.7 Å². The third kappa shape index (κ3) is 3.54. The Bertz CT molecular complexity index is 1360. The average molecular weight is 561 g/mol. The van der Waals surface area contributed by atoms with E-state index in [0.717, 1.165) is 44.1 Å². The number of ketones is 2. The van der Waals surface area contributed by atoms with Crippen molar-refractivity contribution in [1.29, 1.82) is 0 Å². The number of hydrogen-bond donors (Lipinski definition) is 0. The van der Waals surface area contributed by atoms with Crippen molar-refractivity contribution in [1.82, 2.24) is 9.55 Å². The van der Waals surface area contributed by atoms with Crippen molar-refractivity contribution < 1.29 is 19.1 Å². The highest BCUT2D eigenvalue weighted by atomic mass is 16.5. The van der Waals surface area contributed by atoms with E-state index in [2.05, 4.69) is 53.5 Å². The normalized spacial score (nSPS) is 46.1. The van der Waals surface area contributed by atoms with Crippen molar-refractivity contribution in [3.05, 3.63) is 35.9 Å². The van der Waals surface area contributed by atoms with Gasteiger partial charge >= 0.3 is 5.97 Å². The number of esters is 1. The summed E-state index contributed by atoms with van der Waals surface area (Å²) in [5.41, 5.74) is 0.0565. The molecule has 0 bridgehead atoms. The number of ether oxygens (including phenoxy) is 1. The van der Waals surface area contributed by atoms with Gasteiger partial charge in [0.25, 0.3) is 0 Å². The van der Waals surface area contributed by atoms with Crippen LogP contribution in [0.5, 0.6) is 0 Å². The molecule has 0 aliphatic heterocycles. The molecule has 1 aromatic heterocycles. The quantitative estimate of drug-likeness (QED) is 0.290. The maximum absolute atomic E-state index is 14.7. The average Bonchev–Trinajstić information content (AvgIpc) is 3.42. The molecule has 1 aromatic rings. The van der Waals surface area contributed by atoms with E-state index in [9.17, 15) is 14.4 Å². The van der Waals surface area contributed by atoms with Crippen molar-refractivity contribution in [2.75, 3.05) is 7.11 Å². The summed E-state index contributed by atoms with van der Waals surface area (Å²) in [6, 6.07) is 0. The standard InChI is InChI=1S/C35H48N2O4/c1-21-9-12-35(30(40)41-8)14-13-33(6)24(27(35)22(21)2)17-25(38)28-32(5)18-23(19-37-16-15-36-20-37)29(39)31(3,4)26(32)10-11-34(28,33)7/h15-17,19-22,26-28H,9-14,18H2,1-8H3/b23-19-/t21-,22+,26+,27+,28-,32+,33-,34-,35+/m1/s1. The molecule has 0 spiro atoms. The Balaban J connectivity index is 1.50. The van der Waals surface area contributed by atoms with E-state index in [1.54, 1.807) is 12.5 Å². The molecule has 5 aliphatic rings. The fraction of sp³-hybridized carbons (Fsp3) is 0.714. The Morgan fingerprint density at radius 1 is 1.05 bits per heavy atom. The van der Waals surface area contributed by atoms with Gasteiger partial charge in [0.1, 0.15) is 0 Å². The highest BCUT2D eigenvalue weighted by Gasteiger charge is 2.72. The van der Waals surface area contributed by atoms with Gasteiger partial charge in [0.2, 0.25) is 0 Å². The van der Waals surface area contributed by atoms with Crippen LogP contribution in [0.1, 0.15) is 93.4 Å². The van der Waals surface area contributed by atoms with Gasteiger partial charge in [0, 0.05) is 35.5 Å². The first kappa shape index (κ1) is 28.6. The lowest BCUT2D eigenvalue weighted by Crippen LogP contribution is -2.67. The summed E-state index contributed by atoms with van der Waals surface area (Å²) in [6.45, 7) is 15.8. The van der Waals surface area contributed by atoms with Crippen LogP contribution in [-0.4, -0.2) is 34.2 Å². The van der Waals surface area contributed by atoms with Gasteiger partial charge in [-0.2, -0.15) is 0 Å². The lowest BCUT2D eigenvalue weighted by molar-refractivity contribution is -0.189. The fourth-order valence-electron chi connectivity index (χ4n) is 11.4. The van der Waals surface area contributed by atoms with E-state index >= 15 is 0 Å². The fourth-order valence-corrected chi connectivity index (χ4v) is 11.4. The summed E-state index contributed by atoms with van der Waals surface area (Å²) in [6.07, 6.45) is 15.2. The molecule has 222 valence electrons. The van der Waals surface area contributed by atoms with Gasteiger partial charge in [-0.25, -0.2) is 4.98 Å². The minimum Gasteiger partial charge on any atom is -0.469 e. The third-order valence-corrected chi connectivity index (χ3v) is 13.7. The smallest absolute Gasteiger partial charge is 0.312 e. The van der Waals surface area contributed by atoms with Gasteiger partial charge in [0.15, 0.2) is 11.6 Å². The molecule has 0 saturated heterocycles. The number of allylic oxidation sites excluding steroid dienone is 3. The summed E-state index contributed by atoms with van der Waals surface area (Å²) in [5.74, 6) is 1.02. The summed E-state index contributed by atoms with van der Waals surface area (Å²) in [4.78, 5) is 46.3. The first-order valence-corrected chi connectivity index (χ1v) is 15.7. The van der Waals surface area contributed by atoms with E-state index in [4.69, 9.17) is 4.74 Å². The molecular formula is C35H48N2O4. The van der Waals surface area contributed by atoms with Gasteiger partial charge in [0.05, 0.1) is 18.9 Å². The number of methoxy groups -OCH3 is 1. The molecule has 0 N–H and O–H groups in total. The van der Waals surface area contributed by atoms with Crippen LogP contribution >= 0.6 is 0 Å². The van der Waals surface area contributed by atoms with Crippen LogP contribution in [0.4, 0.5) is 0 Å². The van der Waals surface area contributed by atoms with E-state index < -0.39 is 10.8 Å². The molecule has 1 heterocycles. The van der Waals surface area contributed by atoms with Crippen LogP contribution in [0.2, 0.25) is 0 Å². The molecule has 5 aliphatic carbocycles. The Kier molecular flexibility index (Phi) is 6.28. The summed E-state index contributed by atoms with van der Waals surface area (Å²) < 4.78 is 7.34. The predicted octanol–water partition coefficient (Wildman–Crippen LogP) is 6.91. The topological polar surface area (TPSA) is 78.3 Å². The molecule has 4 saturated carbocycles. The van der Waals surface area contributed by atoms with E-state index in [0.29, 0.717) is 18.3 Å². The largest absolute Gasteiger partial charge is 0.469 e. The van der Waals surface area contributed by atoms with Crippen LogP contribution in [0.25, 0.3) is 6.20 Å². The second-order valence-electron chi connectivity index (χ2n) is 15.7. The minimum absolute atomic E-state index is 0.0192. The predicted molar refractivity (Wildman–Crippen MR) is 158 cm³/mol. The first-order chi connectivity index (χ1) is 19.2. The van der Waals surface area contributed by atoms with Gasteiger partial charge in [-0.1, -0.05) is 54.0 Å². The van der Waals surface area contributed by atoms with Crippen LogP contribution < -0.4 is 0 Å². The molecule has 4 fully saturated rings. The van der Waals surface area contributed by atoms with Crippen molar-refractivity contribution in [3.63, 3.8) is 0 Å². The van der Waals surface area contributed by atoms with Crippen molar-refractivity contribution in [2.45, 2.75) is 93.4 Å². The van der Waals surface area contributed by atoms with Gasteiger partial charge < -0.3 is 9.30 Å². The lowest BCUT2D eigenvalue weighted by Gasteiger charge is -2.70. The molecule has 0 aromatic carbocycles. The summed E-state index contributed by atoms with van der Waals surface area (Å²) >= 11 is 0. The van der Waals surface area contributed by atoms with Crippen molar-refractivity contribution in [2.24, 2.45) is 56.7 Å². The van der Waals surface area contributed by atoms with E-state index in [1.807, 2.05) is 23.0 Å². The highest BCUT2D eigenvalue weighted by Crippen LogP contribution is 2.75. The summed E-state index contributed by atoms with van der Waals surface area (Å²) in [7, 11) is 1.52. The van der Waals surface area contributed by atoms with Crippen LogP contribution in [0, 0.1) is 56.7 Å². The Hall–Kier alpha value is -2.50. The Morgan fingerprint density at radius 3 is 2.44 bits per heavy atom. The zero-order chi connectivity index (χ0) is 29.8. The number of fused-ring (bicyclic) bond motifs is 7. The molecule has 0 radical (unpaired) electrons. The van der Waals surface area contributed by atoms with Crippen LogP contribution in [0.15, 0.2) is 35.9 Å². The maximum atomic E-state index is 14.7. The van der Waals surface area contributed by atoms with Gasteiger partial charge in [-0.05, 0) is 90.9 Å². The molecular weight excluding hydrogens is 512 g/mol. The lowest BCUT2D eigenvalue weighted by atomic mass is 9.33. The van der Waals surface area contributed by atoms with E-state index in [-0.39, 0.29) is 51.5 Å². The number of hydrogen-bond acceptors (Lipinski definition) is 5. The monoisotopic (exact) mass is 560 g/mol. The number of nitrogens with zero attached hydrogens (tertiary/aromatic N) is 2. The molecule has 0 amide bonds. The molecule has 9 atom stereocenters. The molecule has 6 nitrogen and oxygen atoms in total. The number of aromatic nitrogens is 2. The SMILES string of the molecule is COC(=O)[C@]12CC[C@@H](C)[C@H](C)[C@H]1C1=CC(=O)[C@@H]3[C@@]4(C)C/C(=C/n5ccnc5)C(=O)C(C)(C)[C@@H]4CC[C@@]3(C)[C@]1(C)CC2. The number of rotatable bonds is 2. The van der Waals surface area contributed by atoms with Crippen LogP contribution in [-0.2, 0) is 19.1 Å². The molecule has 6 rings (SSSR count). The summed E-state index contributed by atoms with van der Waals surface area (Å²) in [5, 5.41) is 0. The number of carbonyl (C=O) groups is 3. The Labute approximate surface area is 245 Å². The van der Waals surface area contributed by atoms with Gasteiger partial charge in [-0.15, -0.1) is 0 Å². The molecule has 0 unspecified atom stereocenters. The van der Waals surface area contributed by atoms with Gasteiger partial charge in [-0.3, -0.25) is 14.4 Å². The van der Waals surface area contributed by atoms with Crippen molar-refractivity contribution in [3.8, 4) is 0 Å². The minimum atomic E-state index is -0.564. The Morgan fingerprint density at radius 2 is 1.78 bits per heavy atom. The zero-order valence-corrected chi connectivity index (χ0v) is 26.3. The maximum Gasteiger partial charge on any atom is 0.312 e. The third-order valence-electron chi connectivity index (χ3n) is 13.7. The molecule has 41 heavy (non-hydrogen) atoms. The highest BCUT2D eigenvalue weighted by molar-refractivity contribution is 6.04. The van der Waals surface area contributed by atoms with Crippen LogP contribution in [0.3, 0.4) is 0 Å². The first-order valence-electron chi connectivity index (χ1n) is 15.7. The second-order valence-corrected chi connectivity index (χ2v) is 15.7.